The molecule has 1 rings (SSSR count). The number of guanidine groups is 1. The van der Waals surface area contributed by atoms with Crippen molar-refractivity contribution in [3.63, 3.8) is 0 Å². The monoisotopic (exact) mass is 269 g/mol. The van der Waals surface area contributed by atoms with Gasteiger partial charge < -0.3 is 16.4 Å². The van der Waals surface area contributed by atoms with Crippen molar-refractivity contribution >= 4 is 11.9 Å². The summed E-state index contributed by atoms with van der Waals surface area (Å²) in [6.45, 7) is 8.02. The number of hydrogen-bond acceptors (Lipinski definition) is 3. The molecule has 0 spiro atoms. The molecule has 19 heavy (non-hydrogen) atoms. The lowest BCUT2D eigenvalue weighted by Crippen LogP contribution is -2.43. The molecular weight excluding hydrogens is 242 g/mol. The van der Waals surface area contributed by atoms with Crippen molar-refractivity contribution in [3.8, 4) is 0 Å². The zero-order valence-electron chi connectivity index (χ0n) is 12.1. The summed E-state index contributed by atoms with van der Waals surface area (Å²) >= 11 is 0. The first-order valence-corrected chi connectivity index (χ1v) is 7.21. The van der Waals surface area contributed by atoms with Crippen LogP contribution in [0.5, 0.6) is 0 Å². The molecule has 1 heterocycles. The van der Waals surface area contributed by atoms with Crippen molar-refractivity contribution in [3.05, 3.63) is 0 Å². The number of carbonyl (C=O) groups is 1. The molecule has 0 aliphatic carbocycles. The van der Waals surface area contributed by atoms with E-state index in [4.69, 9.17) is 5.73 Å². The van der Waals surface area contributed by atoms with Gasteiger partial charge in [0.1, 0.15) is 6.54 Å². The third-order valence-corrected chi connectivity index (χ3v) is 3.39. The number of nitrogens with zero attached hydrogens (tertiary/aromatic N) is 2. The molecule has 0 aromatic heterocycles. The van der Waals surface area contributed by atoms with Crippen molar-refractivity contribution in [2.75, 3.05) is 32.7 Å². The molecule has 1 aliphatic heterocycles. The number of carbonyl (C=O) groups excluding carboxylic acids is 1. The molecule has 6 nitrogen and oxygen atoms in total. The number of hydrogen-bond donors (Lipinski definition) is 3. The maximum Gasteiger partial charge on any atom is 0.241 e. The van der Waals surface area contributed by atoms with Gasteiger partial charge in [0.05, 0.1) is 0 Å². The highest BCUT2D eigenvalue weighted by molar-refractivity contribution is 5.83. The van der Waals surface area contributed by atoms with Crippen LogP contribution in [-0.2, 0) is 4.79 Å². The summed E-state index contributed by atoms with van der Waals surface area (Å²) < 4.78 is 0. The maximum atomic E-state index is 11.4. The molecule has 1 atom stereocenters. The molecule has 1 saturated heterocycles. The minimum absolute atomic E-state index is 0.0809. The summed E-state index contributed by atoms with van der Waals surface area (Å²) in [5.74, 6) is 0.275. The third kappa shape index (κ3) is 5.92. The van der Waals surface area contributed by atoms with Crippen LogP contribution in [0.25, 0.3) is 0 Å². The first-order valence-electron chi connectivity index (χ1n) is 7.21. The van der Waals surface area contributed by atoms with Crippen LogP contribution in [0.2, 0.25) is 0 Å². The van der Waals surface area contributed by atoms with Crippen LogP contribution in [0, 0.1) is 0 Å². The molecule has 1 aliphatic rings. The summed E-state index contributed by atoms with van der Waals surface area (Å²) in [5, 5.41) is 5.87. The second kappa shape index (κ2) is 8.74. The number of likely N-dealkylation sites (tertiary alicyclic amines) is 1. The largest absolute Gasteiger partial charge is 0.370 e. The fourth-order valence-electron chi connectivity index (χ4n) is 2.30. The molecule has 4 N–H and O–H groups in total. The summed E-state index contributed by atoms with van der Waals surface area (Å²) in [6, 6.07) is 0.535. The Kier molecular flexibility index (Phi) is 7.25. The predicted molar refractivity (Wildman–Crippen MR) is 78.1 cm³/mol. The highest BCUT2D eigenvalue weighted by atomic mass is 16.1. The summed E-state index contributed by atoms with van der Waals surface area (Å²) in [5.41, 5.74) is 5.76. The van der Waals surface area contributed by atoms with E-state index in [9.17, 15) is 4.79 Å². The highest BCUT2D eigenvalue weighted by Gasteiger charge is 2.22. The van der Waals surface area contributed by atoms with Crippen LogP contribution in [-0.4, -0.2) is 55.5 Å². The van der Waals surface area contributed by atoms with Gasteiger partial charge in [0.15, 0.2) is 5.96 Å². The summed E-state index contributed by atoms with van der Waals surface area (Å²) in [7, 11) is 0. The van der Waals surface area contributed by atoms with Gasteiger partial charge in [-0.3, -0.25) is 9.69 Å². The van der Waals surface area contributed by atoms with Crippen molar-refractivity contribution in [1.29, 1.82) is 0 Å². The topological polar surface area (TPSA) is 82.8 Å². The Morgan fingerprint density at radius 1 is 1.42 bits per heavy atom. The number of nitrogens with two attached hydrogens (primary N) is 1. The second-order valence-electron chi connectivity index (χ2n) is 4.86. The number of likely N-dealkylation sites (N-methyl/N-ethyl adjacent to an activating group) is 1. The highest BCUT2D eigenvalue weighted by Crippen LogP contribution is 2.15. The van der Waals surface area contributed by atoms with Gasteiger partial charge in [-0.2, -0.15) is 0 Å². The fourth-order valence-corrected chi connectivity index (χ4v) is 2.30. The molecular formula is C13H27N5O. The number of amides is 1. The van der Waals surface area contributed by atoms with E-state index in [1.807, 2.05) is 6.92 Å². The SMILES string of the molecule is CCCNC(=O)CN=C(N)NCC1CCCN1CC. The first kappa shape index (κ1) is 15.8. The molecule has 110 valence electrons. The molecule has 1 unspecified atom stereocenters. The third-order valence-electron chi connectivity index (χ3n) is 3.39. The number of rotatable bonds is 7. The average molecular weight is 269 g/mol. The quantitative estimate of drug-likeness (QED) is 0.445. The van der Waals surface area contributed by atoms with Gasteiger partial charge in [-0.25, -0.2) is 4.99 Å². The van der Waals surface area contributed by atoms with Gasteiger partial charge in [-0.15, -0.1) is 0 Å². The van der Waals surface area contributed by atoms with E-state index in [0.717, 1.165) is 19.5 Å². The lowest BCUT2D eigenvalue weighted by atomic mass is 10.2. The van der Waals surface area contributed by atoms with Gasteiger partial charge in [0.2, 0.25) is 5.91 Å². The van der Waals surface area contributed by atoms with E-state index in [1.165, 1.54) is 19.4 Å². The van der Waals surface area contributed by atoms with Crippen LogP contribution < -0.4 is 16.4 Å². The second-order valence-corrected chi connectivity index (χ2v) is 4.86. The van der Waals surface area contributed by atoms with E-state index >= 15 is 0 Å². The summed E-state index contributed by atoms with van der Waals surface area (Å²) in [4.78, 5) is 17.8. The van der Waals surface area contributed by atoms with E-state index in [1.54, 1.807) is 0 Å². The molecule has 0 aromatic carbocycles. The Morgan fingerprint density at radius 2 is 2.21 bits per heavy atom. The Labute approximate surface area is 115 Å². The minimum Gasteiger partial charge on any atom is -0.370 e. The summed E-state index contributed by atoms with van der Waals surface area (Å²) in [6.07, 6.45) is 3.37. The fraction of sp³-hybridized carbons (Fsp3) is 0.846. The normalized spacial score (nSPS) is 20.5. The van der Waals surface area contributed by atoms with E-state index in [0.29, 0.717) is 18.5 Å². The molecule has 6 heteroatoms. The van der Waals surface area contributed by atoms with Crippen LogP contribution in [0.1, 0.15) is 33.1 Å². The van der Waals surface area contributed by atoms with Crippen LogP contribution in [0.3, 0.4) is 0 Å². The zero-order chi connectivity index (χ0) is 14.1. The van der Waals surface area contributed by atoms with Crippen LogP contribution in [0.4, 0.5) is 0 Å². The lowest BCUT2D eigenvalue weighted by Gasteiger charge is -2.23. The molecule has 0 radical (unpaired) electrons. The Morgan fingerprint density at radius 3 is 2.89 bits per heavy atom. The number of aliphatic imine (C=N–C) groups is 1. The molecule has 1 amide bonds. The Bertz CT molecular complexity index is 305. The lowest BCUT2D eigenvalue weighted by molar-refractivity contribution is -0.119. The smallest absolute Gasteiger partial charge is 0.241 e. The van der Waals surface area contributed by atoms with Crippen LogP contribution in [0.15, 0.2) is 4.99 Å². The Balaban J connectivity index is 2.22. The predicted octanol–water partition coefficient (Wildman–Crippen LogP) is -0.0988. The first-order chi connectivity index (χ1) is 9.17. The molecule has 0 bridgehead atoms. The number of nitrogens with one attached hydrogen (secondary N) is 2. The van der Waals surface area contributed by atoms with Gasteiger partial charge in [-0.1, -0.05) is 13.8 Å². The van der Waals surface area contributed by atoms with Crippen LogP contribution >= 0.6 is 0 Å². The van der Waals surface area contributed by atoms with Crippen molar-refractivity contribution in [2.45, 2.75) is 39.2 Å². The molecule has 1 fully saturated rings. The molecule has 0 saturated carbocycles. The van der Waals surface area contributed by atoms with E-state index in [-0.39, 0.29) is 12.5 Å². The standard InChI is InChI=1S/C13H27N5O/c1-3-7-15-12(19)10-17-13(14)16-9-11-6-5-8-18(11)4-2/h11H,3-10H2,1-2H3,(H,15,19)(H3,14,16,17). The van der Waals surface area contributed by atoms with Gasteiger partial charge in [0.25, 0.3) is 0 Å². The van der Waals surface area contributed by atoms with E-state index in [2.05, 4.69) is 27.4 Å². The zero-order valence-corrected chi connectivity index (χ0v) is 12.1. The van der Waals surface area contributed by atoms with Crippen molar-refractivity contribution < 1.29 is 4.79 Å². The van der Waals surface area contributed by atoms with Crippen molar-refractivity contribution in [2.24, 2.45) is 10.7 Å². The maximum absolute atomic E-state index is 11.4. The minimum atomic E-state index is -0.0809. The molecule has 0 aromatic rings. The average Bonchev–Trinajstić information content (AvgIpc) is 2.87. The van der Waals surface area contributed by atoms with Gasteiger partial charge in [-0.05, 0) is 32.4 Å². The van der Waals surface area contributed by atoms with Gasteiger partial charge >= 0.3 is 0 Å². The van der Waals surface area contributed by atoms with E-state index < -0.39 is 0 Å². The van der Waals surface area contributed by atoms with Crippen molar-refractivity contribution in [1.82, 2.24) is 15.5 Å². The Hall–Kier alpha value is -1.30. The van der Waals surface area contributed by atoms with Gasteiger partial charge in [0, 0.05) is 19.1 Å².